The molecule has 4 rings (SSSR count). The van der Waals surface area contributed by atoms with Crippen LogP contribution < -0.4 is 5.56 Å². The van der Waals surface area contributed by atoms with Crippen molar-refractivity contribution in [3.63, 3.8) is 0 Å². The molecule has 29 heavy (non-hydrogen) atoms. The van der Waals surface area contributed by atoms with Gasteiger partial charge in [0, 0.05) is 25.8 Å². The summed E-state index contributed by atoms with van der Waals surface area (Å²) in [4.78, 5) is 26.9. The summed E-state index contributed by atoms with van der Waals surface area (Å²) >= 11 is 0. The van der Waals surface area contributed by atoms with Crippen LogP contribution in [0.5, 0.6) is 0 Å². The second-order valence-corrected chi connectivity index (χ2v) is 7.65. The van der Waals surface area contributed by atoms with Crippen LogP contribution in [0, 0.1) is 6.92 Å². The average molecular weight is 391 g/mol. The molecule has 0 bridgehead atoms. The molecule has 1 aromatic heterocycles. The molecule has 0 unspecified atom stereocenters. The maximum absolute atomic E-state index is 13.1. The van der Waals surface area contributed by atoms with Gasteiger partial charge in [0.15, 0.2) is 0 Å². The molecule has 2 aromatic carbocycles. The lowest BCUT2D eigenvalue weighted by Crippen LogP contribution is -2.26. The molecule has 0 spiro atoms. The molecule has 3 aromatic rings. The topological polar surface area (TPSA) is 67.5 Å². The number of aromatic carboxylic acids is 1. The summed E-state index contributed by atoms with van der Waals surface area (Å²) in [6.07, 6.45) is 0.892. The zero-order valence-corrected chi connectivity index (χ0v) is 16.7. The van der Waals surface area contributed by atoms with Gasteiger partial charge in [-0.25, -0.2) is 9.48 Å². The highest BCUT2D eigenvalue weighted by Crippen LogP contribution is 2.30. The van der Waals surface area contributed by atoms with Gasteiger partial charge in [0.25, 0.3) is 5.56 Å². The Labute approximate surface area is 169 Å². The van der Waals surface area contributed by atoms with E-state index in [9.17, 15) is 14.7 Å². The first-order valence-corrected chi connectivity index (χ1v) is 9.85. The van der Waals surface area contributed by atoms with Crippen molar-refractivity contribution in [2.75, 3.05) is 13.1 Å². The van der Waals surface area contributed by atoms with Crippen molar-refractivity contribution in [2.24, 2.45) is 7.05 Å². The van der Waals surface area contributed by atoms with Crippen LogP contribution in [0.15, 0.2) is 59.4 Å². The van der Waals surface area contributed by atoms with E-state index in [1.54, 1.807) is 16.8 Å². The molecule has 6 heteroatoms. The van der Waals surface area contributed by atoms with E-state index in [-0.39, 0.29) is 11.5 Å². The first-order valence-electron chi connectivity index (χ1n) is 9.85. The number of hydrogen-bond donors (Lipinski definition) is 1. The minimum atomic E-state index is -0.885. The highest BCUT2D eigenvalue weighted by molar-refractivity contribution is 5.89. The Morgan fingerprint density at radius 2 is 1.79 bits per heavy atom. The van der Waals surface area contributed by atoms with E-state index in [4.69, 9.17) is 0 Å². The molecule has 6 nitrogen and oxygen atoms in total. The van der Waals surface area contributed by atoms with E-state index in [0.717, 1.165) is 42.0 Å². The number of rotatable bonds is 5. The maximum atomic E-state index is 13.1. The summed E-state index contributed by atoms with van der Waals surface area (Å²) in [5.74, 6) is -0.716. The number of aromatic nitrogens is 2. The van der Waals surface area contributed by atoms with Crippen molar-refractivity contribution in [3.05, 3.63) is 87.3 Å². The van der Waals surface area contributed by atoms with Crippen LogP contribution in [0.4, 0.5) is 0 Å². The third-order valence-corrected chi connectivity index (χ3v) is 5.96. The first-order chi connectivity index (χ1) is 14.0. The molecule has 1 fully saturated rings. The average Bonchev–Trinajstić information content (AvgIpc) is 3.28. The quantitative estimate of drug-likeness (QED) is 0.725. The summed E-state index contributed by atoms with van der Waals surface area (Å²) in [6.45, 7) is 4.15. The van der Waals surface area contributed by atoms with E-state index in [1.807, 2.05) is 61.1 Å². The Morgan fingerprint density at radius 1 is 1.10 bits per heavy atom. The minimum absolute atomic E-state index is 0.00517. The van der Waals surface area contributed by atoms with Gasteiger partial charge in [-0.3, -0.25) is 14.4 Å². The van der Waals surface area contributed by atoms with Crippen molar-refractivity contribution in [3.8, 4) is 5.69 Å². The summed E-state index contributed by atoms with van der Waals surface area (Å²) in [6, 6.07) is 16.9. The second kappa shape index (κ2) is 7.72. The van der Waals surface area contributed by atoms with Crippen molar-refractivity contribution in [1.29, 1.82) is 0 Å². The lowest BCUT2D eigenvalue weighted by molar-refractivity contribution is 0.0695. The number of nitrogens with zero attached hydrogens (tertiary/aromatic N) is 3. The number of likely N-dealkylation sites (tertiary alicyclic amines) is 1. The number of carboxylic acids is 1. The van der Waals surface area contributed by atoms with E-state index in [0.29, 0.717) is 12.1 Å². The molecule has 2 heterocycles. The Balaban J connectivity index is 1.58. The van der Waals surface area contributed by atoms with E-state index in [1.165, 1.54) is 0 Å². The van der Waals surface area contributed by atoms with Crippen LogP contribution >= 0.6 is 0 Å². The highest BCUT2D eigenvalue weighted by Gasteiger charge is 2.28. The van der Waals surface area contributed by atoms with E-state index >= 15 is 0 Å². The van der Waals surface area contributed by atoms with Crippen LogP contribution in [0.3, 0.4) is 0 Å². The standard InChI is InChI=1S/C23H25N3O3/c1-16-21(22(27)26(24(16)2)18-8-4-3-5-9-18)15-25-13-12-17(14-25)19-10-6-7-11-20(19)23(28)29/h3-11,17H,12-15H2,1-2H3,(H,28,29)/t17-/m0/s1. The molecule has 0 saturated carbocycles. The molecule has 0 amide bonds. The predicted octanol–water partition coefficient (Wildman–Crippen LogP) is 3.17. The van der Waals surface area contributed by atoms with Crippen molar-refractivity contribution in [2.45, 2.75) is 25.8 Å². The molecule has 0 aliphatic carbocycles. The van der Waals surface area contributed by atoms with Gasteiger partial charge in [0.05, 0.1) is 16.8 Å². The maximum Gasteiger partial charge on any atom is 0.335 e. The van der Waals surface area contributed by atoms with Crippen LogP contribution in [-0.4, -0.2) is 38.4 Å². The largest absolute Gasteiger partial charge is 0.478 e. The fraction of sp³-hybridized carbons (Fsp3) is 0.304. The summed E-state index contributed by atoms with van der Waals surface area (Å²) in [5, 5.41) is 9.48. The SMILES string of the molecule is Cc1c(CN2CC[C@H](c3ccccc3C(=O)O)C2)c(=O)n(-c2ccccc2)n1C. The van der Waals surface area contributed by atoms with Crippen LogP contribution in [0.1, 0.15) is 39.5 Å². The van der Waals surface area contributed by atoms with Gasteiger partial charge in [-0.15, -0.1) is 0 Å². The van der Waals surface area contributed by atoms with Crippen molar-refractivity contribution in [1.82, 2.24) is 14.3 Å². The van der Waals surface area contributed by atoms with E-state index in [2.05, 4.69) is 4.90 Å². The number of hydrogen-bond acceptors (Lipinski definition) is 3. The molecular weight excluding hydrogens is 366 g/mol. The predicted molar refractivity (Wildman–Crippen MR) is 112 cm³/mol. The van der Waals surface area contributed by atoms with Crippen LogP contribution in [0.25, 0.3) is 5.69 Å². The zero-order chi connectivity index (χ0) is 20.5. The number of carbonyl (C=O) groups is 1. The van der Waals surface area contributed by atoms with Gasteiger partial charge < -0.3 is 5.11 Å². The highest BCUT2D eigenvalue weighted by atomic mass is 16.4. The molecule has 1 saturated heterocycles. The van der Waals surface area contributed by atoms with Gasteiger partial charge >= 0.3 is 5.97 Å². The minimum Gasteiger partial charge on any atom is -0.478 e. The molecular formula is C23H25N3O3. The molecule has 0 radical (unpaired) electrons. The fourth-order valence-corrected chi connectivity index (χ4v) is 4.31. The Kier molecular flexibility index (Phi) is 5.11. The number of para-hydroxylation sites is 1. The van der Waals surface area contributed by atoms with Gasteiger partial charge in [-0.05, 0) is 49.6 Å². The Hall–Kier alpha value is -3.12. The molecule has 1 aliphatic rings. The normalized spacial score (nSPS) is 17.0. The summed E-state index contributed by atoms with van der Waals surface area (Å²) in [7, 11) is 1.91. The van der Waals surface area contributed by atoms with Crippen molar-refractivity contribution >= 4 is 5.97 Å². The summed E-state index contributed by atoms with van der Waals surface area (Å²) in [5.41, 5.74) is 3.86. The molecule has 1 atom stereocenters. The van der Waals surface area contributed by atoms with Crippen molar-refractivity contribution < 1.29 is 9.90 Å². The molecule has 150 valence electrons. The monoisotopic (exact) mass is 391 g/mol. The lowest BCUT2D eigenvalue weighted by Gasteiger charge is -2.16. The Morgan fingerprint density at radius 3 is 2.52 bits per heavy atom. The van der Waals surface area contributed by atoms with Gasteiger partial charge in [-0.2, -0.15) is 0 Å². The van der Waals surface area contributed by atoms with Gasteiger partial charge in [-0.1, -0.05) is 36.4 Å². The van der Waals surface area contributed by atoms with Gasteiger partial charge in [0.2, 0.25) is 0 Å². The number of benzene rings is 2. The lowest BCUT2D eigenvalue weighted by atomic mass is 9.93. The zero-order valence-electron chi connectivity index (χ0n) is 16.7. The Bertz CT molecular complexity index is 1100. The first kappa shape index (κ1) is 19.2. The van der Waals surface area contributed by atoms with Gasteiger partial charge in [0.1, 0.15) is 0 Å². The fourth-order valence-electron chi connectivity index (χ4n) is 4.31. The molecule has 1 N–H and O–H groups in total. The third-order valence-electron chi connectivity index (χ3n) is 5.96. The second-order valence-electron chi connectivity index (χ2n) is 7.65. The number of carboxylic acid groups (broad SMARTS) is 1. The summed E-state index contributed by atoms with van der Waals surface area (Å²) < 4.78 is 3.61. The van der Waals surface area contributed by atoms with E-state index < -0.39 is 5.97 Å². The molecule has 1 aliphatic heterocycles. The van der Waals surface area contributed by atoms with Crippen LogP contribution in [0.2, 0.25) is 0 Å². The third kappa shape index (κ3) is 3.51. The smallest absolute Gasteiger partial charge is 0.335 e. The van der Waals surface area contributed by atoms with Crippen LogP contribution in [-0.2, 0) is 13.6 Å².